The Bertz CT molecular complexity index is 432. The molecule has 0 radical (unpaired) electrons. The molecule has 1 aromatic heterocycles. The molecule has 0 saturated carbocycles. The Morgan fingerprint density at radius 2 is 2.21 bits per heavy atom. The molecule has 4 N–H and O–H groups in total. The number of hydrogen-bond acceptors (Lipinski definition) is 4. The molecule has 8 heteroatoms. The van der Waals surface area contributed by atoms with Crippen molar-refractivity contribution in [2.24, 2.45) is 7.05 Å². The number of hydrogen-bond donors (Lipinski definition) is 4. The molecule has 1 heterocycles. The van der Waals surface area contributed by atoms with Crippen molar-refractivity contribution in [3.63, 3.8) is 0 Å². The number of carbonyl (C=O) groups is 2. The Labute approximate surface area is 111 Å². The minimum absolute atomic E-state index is 0.431. The average Bonchev–Trinajstić information content (AvgIpc) is 2.78. The molecule has 0 aromatic carbocycles. The lowest BCUT2D eigenvalue weighted by Gasteiger charge is -2.13. The number of amides is 2. The molecule has 1 rings (SSSR count). The monoisotopic (exact) mass is 269 g/mol. The predicted octanol–water partition coefficient (Wildman–Crippen LogP) is -0.545. The number of carboxylic acid groups (broad SMARTS) is 1. The second-order valence-corrected chi connectivity index (χ2v) is 4.08. The summed E-state index contributed by atoms with van der Waals surface area (Å²) in [6.45, 7) is 1.26. The van der Waals surface area contributed by atoms with Gasteiger partial charge in [-0.2, -0.15) is 5.10 Å². The molecular formula is C11H19N5O3. The van der Waals surface area contributed by atoms with Gasteiger partial charge < -0.3 is 21.1 Å². The fraction of sp³-hybridized carbons (Fsp3) is 0.545. The summed E-state index contributed by atoms with van der Waals surface area (Å²) in [5.41, 5.74) is 0.431. The molecule has 19 heavy (non-hydrogen) atoms. The van der Waals surface area contributed by atoms with Crippen molar-refractivity contribution in [1.82, 2.24) is 25.7 Å². The van der Waals surface area contributed by atoms with Crippen molar-refractivity contribution in [2.75, 3.05) is 20.1 Å². The van der Waals surface area contributed by atoms with Crippen LogP contribution in [0.2, 0.25) is 0 Å². The van der Waals surface area contributed by atoms with Crippen LogP contribution in [-0.2, 0) is 11.8 Å². The Morgan fingerprint density at radius 1 is 1.47 bits per heavy atom. The highest BCUT2D eigenvalue weighted by Gasteiger charge is 2.23. The SMILES string of the molecule is CNCCCNC(=O)NC(C(=O)O)c1cnn(C)c1. The highest BCUT2D eigenvalue weighted by atomic mass is 16.4. The molecule has 1 atom stereocenters. The van der Waals surface area contributed by atoms with Gasteiger partial charge in [0.15, 0.2) is 6.04 Å². The maximum atomic E-state index is 11.6. The Morgan fingerprint density at radius 3 is 2.74 bits per heavy atom. The first-order chi connectivity index (χ1) is 9.04. The molecule has 0 fully saturated rings. The van der Waals surface area contributed by atoms with Crippen molar-refractivity contribution < 1.29 is 14.7 Å². The van der Waals surface area contributed by atoms with Crippen molar-refractivity contribution in [3.8, 4) is 0 Å². The van der Waals surface area contributed by atoms with Crippen LogP contribution in [0.3, 0.4) is 0 Å². The Balaban J connectivity index is 2.50. The average molecular weight is 269 g/mol. The molecule has 0 saturated heterocycles. The molecular weight excluding hydrogens is 250 g/mol. The van der Waals surface area contributed by atoms with Gasteiger partial charge in [0, 0.05) is 25.4 Å². The highest BCUT2D eigenvalue weighted by molar-refractivity contribution is 5.83. The van der Waals surface area contributed by atoms with E-state index in [0.717, 1.165) is 13.0 Å². The zero-order valence-corrected chi connectivity index (χ0v) is 11.0. The van der Waals surface area contributed by atoms with Gasteiger partial charge >= 0.3 is 12.0 Å². The van der Waals surface area contributed by atoms with Crippen LogP contribution in [0, 0.1) is 0 Å². The standard InChI is InChI=1S/C11H19N5O3/c1-12-4-3-5-13-11(19)15-9(10(17)18)8-6-14-16(2)7-8/h6-7,9,12H,3-5H2,1-2H3,(H,17,18)(H2,13,15,19). The first kappa shape index (κ1) is 15.0. The maximum Gasteiger partial charge on any atom is 0.331 e. The number of carbonyl (C=O) groups excluding carboxylic acids is 1. The lowest BCUT2D eigenvalue weighted by molar-refractivity contribution is -0.139. The smallest absolute Gasteiger partial charge is 0.331 e. The maximum absolute atomic E-state index is 11.6. The van der Waals surface area contributed by atoms with Gasteiger partial charge in [-0.3, -0.25) is 4.68 Å². The molecule has 1 aromatic rings. The zero-order valence-electron chi connectivity index (χ0n) is 11.0. The van der Waals surface area contributed by atoms with E-state index in [1.165, 1.54) is 10.9 Å². The number of nitrogens with zero attached hydrogens (tertiary/aromatic N) is 2. The van der Waals surface area contributed by atoms with Crippen LogP contribution in [0.5, 0.6) is 0 Å². The van der Waals surface area contributed by atoms with Crippen molar-refractivity contribution >= 4 is 12.0 Å². The van der Waals surface area contributed by atoms with Gasteiger partial charge in [-0.25, -0.2) is 9.59 Å². The zero-order chi connectivity index (χ0) is 14.3. The van der Waals surface area contributed by atoms with Crippen molar-refractivity contribution in [1.29, 1.82) is 0 Å². The molecule has 0 spiro atoms. The summed E-state index contributed by atoms with van der Waals surface area (Å²) in [5, 5.41) is 20.9. The van der Waals surface area contributed by atoms with E-state index in [-0.39, 0.29) is 0 Å². The summed E-state index contributed by atoms with van der Waals surface area (Å²) in [6.07, 6.45) is 3.74. The quantitative estimate of drug-likeness (QED) is 0.497. The number of nitrogens with one attached hydrogen (secondary N) is 3. The molecule has 2 amide bonds. The summed E-state index contributed by atoms with van der Waals surface area (Å²) in [4.78, 5) is 22.7. The van der Waals surface area contributed by atoms with E-state index in [4.69, 9.17) is 5.11 Å². The van der Waals surface area contributed by atoms with E-state index in [2.05, 4.69) is 21.0 Å². The summed E-state index contributed by atoms with van der Waals surface area (Å²) in [7, 11) is 3.50. The summed E-state index contributed by atoms with van der Waals surface area (Å²) in [6, 6.07) is -1.61. The molecule has 8 nitrogen and oxygen atoms in total. The topological polar surface area (TPSA) is 108 Å². The van der Waals surface area contributed by atoms with Gasteiger partial charge in [0.1, 0.15) is 0 Å². The number of urea groups is 1. The van der Waals surface area contributed by atoms with Gasteiger partial charge in [0.05, 0.1) is 6.20 Å². The number of carboxylic acids is 1. The molecule has 0 aliphatic rings. The third-order valence-corrected chi connectivity index (χ3v) is 2.47. The molecule has 0 aliphatic carbocycles. The van der Waals surface area contributed by atoms with Crippen LogP contribution in [-0.4, -0.2) is 47.0 Å². The van der Waals surface area contributed by atoms with Crippen molar-refractivity contribution in [2.45, 2.75) is 12.5 Å². The first-order valence-corrected chi connectivity index (χ1v) is 5.95. The Kier molecular flexibility index (Phi) is 5.80. The molecule has 0 aliphatic heterocycles. The minimum Gasteiger partial charge on any atom is -0.479 e. The summed E-state index contributed by atoms with van der Waals surface area (Å²) in [5.74, 6) is -1.13. The van der Waals surface area contributed by atoms with Gasteiger partial charge in [-0.05, 0) is 20.0 Å². The van der Waals surface area contributed by atoms with Gasteiger partial charge in [0.25, 0.3) is 0 Å². The number of aromatic nitrogens is 2. The molecule has 106 valence electrons. The van der Waals surface area contributed by atoms with Crippen LogP contribution in [0.4, 0.5) is 4.79 Å². The number of aryl methyl sites for hydroxylation is 1. The third kappa shape index (κ3) is 4.96. The minimum atomic E-state index is -1.13. The number of aliphatic carboxylic acids is 1. The predicted molar refractivity (Wildman–Crippen MR) is 68.7 cm³/mol. The third-order valence-electron chi connectivity index (χ3n) is 2.47. The lowest BCUT2D eigenvalue weighted by Crippen LogP contribution is -2.41. The highest BCUT2D eigenvalue weighted by Crippen LogP contribution is 2.11. The molecule has 1 unspecified atom stereocenters. The van der Waals surface area contributed by atoms with E-state index < -0.39 is 18.0 Å². The van der Waals surface area contributed by atoms with Crippen LogP contribution in [0.15, 0.2) is 12.4 Å². The normalized spacial score (nSPS) is 11.9. The second-order valence-electron chi connectivity index (χ2n) is 4.08. The van der Waals surface area contributed by atoms with Gasteiger partial charge in [-0.15, -0.1) is 0 Å². The van der Waals surface area contributed by atoms with Crippen LogP contribution in [0.1, 0.15) is 18.0 Å². The van der Waals surface area contributed by atoms with Crippen LogP contribution in [0.25, 0.3) is 0 Å². The number of rotatable bonds is 7. The second kappa shape index (κ2) is 7.37. The Hall–Kier alpha value is -2.09. The van der Waals surface area contributed by atoms with Gasteiger partial charge in [0.2, 0.25) is 0 Å². The molecule has 0 bridgehead atoms. The van der Waals surface area contributed by atoms with E-state index in [1.807, 2.05) is 7.05 Å². The summed E-state index contributed by atoms with van der Waals surface area (Å²) < 4.78 is 1.48. The van der Waals surface area contributed by atoms with Crippen molar-refractivity contribution in [3.05, 3.63) is 18.0 Å². The fourth-order valence-corrected chi connectivity index (χ4v) is 1.53. The van der Waals surface area contributed by atoms with E-state index in [1.54, 1.807) is 13.2 Å². The van der Waals surface area contributed by atoms with Crippen LogP contribution < -0.4 is 16.0 Å². The van der Waals surface area contributed by atoms with E-state index in [9.17, 15) is 9.59 Å². The first-order valence-electron chi connectivity index (χ1n) is 5.95. The largest absolute Gasteiger partial charge is 0.479 e. The van der Waals surface area contributed by atoms with Crippen LogP contribution >= 0.6 is 0 Å². The lowest BCUT2D eigenvalue weighted by atomic mass is 10.1. The van der Waals surface area contributed by atoms with E-state index in [0.29, 0.717) is 12.1 Å². The summed E-state index contributed by atoms with van der Waals surface area (Å²) >= 11 is 0. The fourth-order valence-electron chi connectivity index (χ4n) is 1.53. The van der Waals surface area contributed by atoms with Gasteiger partial charge in [-0.1, -0.05) is 0 Å². The van der Waals surface area contributed by atoms with E-state index >= 15 is 0 Å².